The summed E-state index contributed by atoms with van der Waals surface area (Å²) in [6.45, 7) is 14.8. The summed E-state index contributed by atoms with van der Waals surface area (Å²) in [6, 6.07) is 0. The van der Waals surface area contributed by atoms with Crippen molar-refractivity contribution in [3.63, 3.8) is 0 Å². The quantitative estimate of drug-likeness (QED) is 0.185. The number of ether oxygens (including phenoxy) is 1. The number of phenols is 2. The van der Waals surface area contributed by atoms with Crippen LogP contribution in [0.25, 0.3) is 0 Å². The van der Waals surface area contributed by atoms with Gasteiger partial charge in [0.05, 0.1) is 5.41 Å². The maximum absolute atomic E-state index is 13.4. The average molecular weight is 553 g/mol. The zero-order chi connectivity index (χ0) is 30.2. The predicted molar refractivity (Wildman–Crippen MR) is 156 cm³/mol. The van der Waals surface area contributed by atoms with Crippen molar-refractivity contribution in [3.05, 3.63) is 63.2 Å². The van der Waals surface area contributed by atoms with E-state index in [9.17, 15) is 30.0 Å². The Labute approximate surface area is 237 Å². The predicted octanol–water partition coefficient (Wildman–Crippen LogP) is 7.51. The number of benzene rings is 1. The van der Waals surface area contributed by atoms with Gasteiger partial charge in [-0.3, -0.25) is 9.59 Å². The van der Waals surface area contributed by atoms with Crippen molar-refractivity contribution in [1.82, 2.24) is 0 Å². The van der Waals surface area contributed by atoms with E-state index in [4.69, 9.17) is 4.74 Å². The van der Waals surface area contributed by atoms with Crippen molar-refractivity contribution in [3.8, 4) is 17.2 Å². The number of hydrogen-bond acceptors (Lipinski definition) is 7. The molecule has 0 spiro atoms. The van der Waals surface area contributed by atoms with Crippen LogP contribution in [0, 0.1) is 11.3 Å². The molecule has 4 N–H and O–H groups in total. The van der Waals surface area contributed by atoms with E-state index < -0.39 is 34.2 Å². The van der Waals surface area contributed by atoms with Gasteiger partial charge in [0.25, 0.3) is 0 Å². The van der Waals surface area contributed by atoms with E-state index in [1.165, 1.54) is 5.57 Å². The van der Waals surface area contributed by atoms with Crippen LogP contribution in [0.3, 0.4) is 0 Å². The molecule has 2 atom stereocenters. The largest absolute Gasteiger partial charge is 0.511 e. The highest BCUT2D eigenvalue weighted by molar-refractivity contribution is 6.04. The highest BCUT2D eigenvalue weighted by atomic mass is 16.5. The molecule has 7 heteroatoms. The molecule has 1 heterocycles. The van der Waals surface area contributed by atoms with E-state index in [1.807, 2.05) is 40.7 Å². The topological polar surface area (TPSA) is 124 Å². The molecule has 0 aromatic heterocycles. The van der Waals surface area contributed by atoms with Gasteiger partial charge >= 0.3 is 0 Å². The number of aliphatic hydroxyl groups is 2. The number of carbonyl (C=O) groups is 2. The van der Waals surface area contributed by atoms with E-state index in [0.717, 1.165) is 18.1 Å². The number of allylic oxidation sites excluding steroid dienone is 7. The van der Waals surface area contributed by atoms with Gasteiger partial charge in [0.15, 0.2) is 11.6 Å². The molecule has 40 heavy (non-hydrogen) atoms. The van der Waals surface area contributed by atoms with Crippen LogP contribution in [0.4, 0.5) is 0 Å². The normalized spacial score (nSPS) is 22.4. The number of aliphatic hydroxyl groups excluding tert-OH is 2. The number of carbonyl (C=O) groups excluding carboxylic acids is 2. The van der Waals surface area contributed by atoms with Gasteiger partial charge in [-0.2, -0.15) is 0 Å². The van der Waals surface area contributed by atoms with Gasteiger partial charge in [-0.05, 0) is 73.6 Å². The fourth-order valence-corrected chi connectivity index (χ4v) is 5.27. The molecule has 0 radical (unpaired) electrons. The Bertz CT molecular complexity index is 1330. The summed E-state index contributed by atoms with van der Waals surface area (Å²) in [4.78, 5) is 26.3. The smallest absolute Gasteiger partial charge is 0.173 e. The third kappa shape index (κ3) is 5.98. The minimum atomic E-state index is -1.31. The van der Waals surface area contributed by atoms with E-state index >= 15 is 0 Å². The Balaban J connectivity index is 2.16. The van der Waals surface area contributed by atoms with E-state index in [1.54, 1.807) is 20.8 Å². The Morgan fingerprint density at radius 1 is 1.02 bits per heavy atom. The van der Waals surface area contributed by atoms with Crippen LogP contribution in [0.1, 0.15) is 103 Å². The molecule has 2 aliphatic rings. The second kappa shape index (κ2) is 11.6. The Hall–Kier alpha value is -3.48. The van der Waals surface area contributed by atoms with Gasteiger partial charge in [0.2, 0.25) is 0 Å². The third-order valence-electron chi connectivity index (χ3n) is 8.05. The third-order valence-corrected chi connectivity index (χ3v) is 8.05. The molecule has 0 fully saturated rings. The molecule has 0 amide bonds. The van der Waals surface area contributed by atoms with Crippen LogP contribution in [-0.4, -0.2) is 37.6 Å². The van der Waals surface area contributed by atoms with Gasteiger partial charge in [-0.25, -0.2) is 0 Å². The van der Waals surface area contributed by atoms with Crippen LogP contribution in [0.15, 0.2) is 46.5 Å². The molecule has 218 valence electrons. The lowest BCUT2D eigenvalue weighted by molar-refractivity contribution is -0.123. The lowest BCUT2D eigenvalue weighted by atomic mass is 9.73. The summed E-state index contributed by atoms with van der Waals surface area (Å²) in [5, 5.41) is 44.8. The molecule has 0 bridgehead atoms. The Morgan fingerprint density at radius 3 is 2.23 bits per heavy atom. The first kappa shape index (κ1) is 31.1. The minimum Gasteiger partial charge on any atom is -0.511 e. The van der Waals surface area contributed by atoms with Crippen molar-refractivity contribution in [2.45, 2.75) is 99.5 Å². The van der Waals surface area contributed by atoms with Crippen molar-refractivity contribution in [1.29, 1.82) is 0 Å². The molecular formula is C33H44O7. The molecular weight excluding hydrogens is 508 g/mol. The second-order valence-corrected chi connectivity index (χ2v) is 12.5. The summed E-state index contributed by atoms with van der Waals surface area (Å²) in [7, 11) is 0. The Morgan fingerprint density at radius 2 is 1.65 bits per heavy atom. The number of phenolic OH excluding ortho intramolecular Hbond substituents is 2. The molecule has 2 unspecified atom stereocenters. The van der Waals surface area contributed by atoms with Crippen LogP contribution in [0.2, 0.25) is 0 Å². The van der Waals surface area contributed by atoms with Crippen LogP contribution in [-0.2, 0) is 17.6 Å². The Kier molecular flexibility index (Phi) is 8.97. The van der Waals surface area contributed by atoms with Crippen molar-refractivity contribution in [2.75, 3.05) is 0 Å². The summed E-state index contributed by atoms with van der Waals surface area (Å²) >= 11 is 0. The van der Waals surface area contributed by atoms with Gasteiger partial charge in [0.1, 0.15) is 39.9 Å². The maximum Gasteiger partial charge on any atom is 0.173 e. The molecule has 1 aromatic rings. The number of hydrogen-bond donors (Lipinski definition) is 4. The molecule has 0 saturated carbocycles. The number of aromatic hydroxyl groups is 2. The minimum absolute atomic E-state index is 0.0000858. The second-order valence-electron chi connectivity index (χ2n) is 12.5. The highest BCUT2D eigenvalue weighted by Gasteiger charge is 2.43. The molecule has 1 aliphatic heterocycles. The van der Waals surface area contributed by atoms with Gasteiger partial charge < -0.3 is 25.2 Å². The number of ketones is 2. The van der Waals surface area contributed by atoms with Gasteiger partial charge in [-0.1, -0.05) is 37.1 Å². The fraction of sp³-hybridized carbons (Fsp3) is 0.515. The zero-order valence-corrected chi connectivity index (χ0v) is 25.1. The van der Waals surface area contributed by atoms with Crippen LogP contribution in [0.5, 0.6) is 17.2 Å². The number of rotatable bonds is 9. The standard InChI is InChI=1S/C33H44O7/c1-18(2)10-9-13-32(7)14-12-21-28(37)23(29(38)26(30(21)40-32)27(36)20(5)6)16-22-24(34)17-25(35)33(8,31(22)39)15-11-19(3)4/h10-11,17,20,34,37-39H,9,12-16H2,1-8H3. The molecule has 1 aliphatic carbocycles. The number of Topliss-reactive ketones (excluding diaryl/α,β-unsaturated/α-hetero) is 1. The van der Waals surface area contributed by atoms with Gasteiger partial charge in [-0.15, -0.1) is 0 Å². The van der Waals surface area contributed by atoms with Crippen LogP contribution < -0.4 is 4.74 Å². The van der Waals surface area contributed by atoms with E-state index in [-0.39, 0.29) is 52.6 Å². The first-order valence-corrected chi connectivity index (χ1v) is 14.0. The molecule has 1 aromatic carbocycles. The molecule has 3 rings (SSSR count). The van der Waals surface area contributed by atoms with Gasteiger partial charge in [0, 0.05) is 35.1 Å². The summed E-state index contributed by atoms with van der Waals surface area (Å²) in [5.74, 6) is -2.51. The highest BCUT2D eigenvalue weighted by Crippen LogP contribution is 2.51. The SMILES string of the molecule is CC(C)=CCCC1(C)CCc2c(O)c(CC3=C(O)C(C)(CC=C(C)C)C(=O)C=C3O)c(O)c(C(=O)C(C)C)c2O1. The summed E-state index contributed by atoms with van der Waals surface area (Å²) in [6.07, 6.45) is 7.47. The van der Waals surface area contributed by atoms with E-state index in [2.05, 4.69) is 6.08 Å². The average Bonchev–Trinajstić information content (AvgIpc) is 2.85. The monoisotopic (exact) mass is 552 g/mol. The lowest BCUT2D eigenvalue weighted by Crippen LogP contribution is -2.37. The van der Waals surface area contributed by atoms with Crippen molar-refractivity contribution in [2.24, 2.45) is 11.3 Å². The molecule has 7 nitrogen and oxygen atoms in total. The summed E-state index contributed by atoms with van der Waals surface area (Å²) < 4.78 is 6.41. The first-order chi connectivity index (χ1) is 18.5. The number of fused-ring (bicyclic) bond motifs is 1. The molecule has 0 saturated heterocycles. The summed E-state index contributed by atoms with van der Waals surface area (Å²) in [5.41, 5.74) is 0.687. The van der Waals surface area contributed by atoms with Crippen molar-refractivity contribution < 1.29 is 34.8 Å². The maximum atomic E-state index is 13.4. The van der Waals surface area contributed by atoms with E-state index in [0.29, 0.717) is 24.8 Å². The lowest BCUT2D eigenvalue weighted by Gasteiger charge is -2.38. The first-order valence-electron chi connectivity index (χ1n) is 14.0. The zero-order valence-electron chi connectivity index (χ0n) is 25.1. The fourth-order valence-electron chi connectivity index (χ4n) is 5.27. The van der Waals surface area contributed by atoms with Crippen molar-refractivity contribution >= 4 is 11.6 Å². The van der Waals surface area contributed by atoms with Crippen LogP contribution >= 0.6 is 0 Å².